The topological polar surface area (TPSA) is 41.6 Å². The van der Waals surface area contributed by atoms with E-state index in [0.717, 1.165) is 31.5 Å². The van der Waals surface area contributed by atoms with Crippen LogP contribution < -0.4 is 5.32 Å². The van der Waals surface area contributed by atoms with Gasteiger partial charge in [-0.2, -0.15) is 0 Å². The number of nitrogens with zero attached hydrogens (tertiary/aromatic N) is 1. The van der Waals surface area contributed by atoms with Crippen LogP contribution in [-0.4, -0.2) is 50.2 Å². The van der Waals surface area contributed by atoms with Gasteiger partial charge in [-0.25, -0.2) is 0 Å². The summed E-state index contributed by atoms with van der Waals surface area (Å²) < 4.78 is 5.64. The maximum atomic E-state index is 12.4. The van der Waals surface area contributed by atoms with Crippen molar-refractivity contribution in [3.05, 3.63) is 0 Å². The zero-order valence-electron chi connectivity index (χ0n) is 10.5. The van der Waals surface area contributed by atoms with E-state index in [1.165, 1.54) is 19.3 Å². The van der Waals surface area contributed by atoms with Crippen LogP contribution in [0.3, 0.4) is 0 Å². The van der Waals surface area contributed by atoms with Gasteiger partial charge in [-0.15, -0.1) is 0 Å². The molecule has 0 bridgehead atoms. The van der Waals surface area contributed by atoms with Gasteiger partial charge >= 0.3 is 0 Å². The molecule has 96 valence electrons. The Kier molecular flexibility index (Phi) is 3.09. The monoisotopic (exact) mass is 238 g/mol. The summed E-state index contributed by atoms with van der Waals surface area (Å²) in [6.07, 6.45) is 4.08. The largest absolute Gasteiger partial charge is 0.373 e. The molecule has 3 rings (SSSR count). The molecule has 0 aromatic carbocycles. The predicted molar refractivity (Wildman–Crippen MR) is 64.6 cm³/mol. The van der Waals surface area contributed by atoms with Crippen LogP contribution in [-0.2, 0) is 9.53 Å². The molecule has 0 spiro atoms. The fraction of sp³-hybridized carbons (Fsp3) is 0.923. The normalized spacial score (nSPS) is 40.2. The quantitative estimate of drug-likeness (QED) is 0.777. The maximum Gasteiger partial charge on any atom is 0.226 e. The minimum Gasteiger partial charge on any atom is -0.373 e. The minimum absolute atomic E-state index is 0.177. The molecule has 1 heterocycles. The molecule has 1 aliphatic heterocycles. The standard InChI is InChI=1S/C13H22N2O2/c1-14-7-9-8-15(5-6-17-9)13(16)12-10-3-2-4-11(10)12/h9-12,14H,2-8H2,1H3. The van der Waals surface area contributed by atoms with Gasteiger partial charge in [0.2, 0.25) is 5.91 Å². The van der Waals surface area contributed by atoms with E-state index >= 15 is 0 Å². The molecule has 4 heteroatoms. The molecule has 3 fully saturated rings. The first-order valence-corrected chi connectivity index (χ1v) is 6.86. The number of hydrogen-bond donors (Lipinski definition) is 1. The highest BCUT2D eigenvalue weighted by Gasteiger charge is 2.57. The van der Waals surface area contributed by atoms with E-state index in [2.05, 4.69) is 5.32 Å². The number of carbonyl (C=O) groups excluding carboxylic acids is 1. The Morgan fingerprint density at radius 1 is 1.41 bits per heavy atom. The number of ether oxygens (including phenoxy) is 1. The van der Waals surface area contributed by atoms with Crippen LogP contribution in [0.1, 0.15) is 19.3 Å². The maximum absolute atomic E-state index is 12.4. The number of amides is 1. The highest BCUT2D eigenvalue weighted by molar-refractivity contribution is 5.82. The van der Waals surface area contributed by atoms with E-state index in [-0.39, 0.29) is 6.10 Å². The number of nitrogens with one attached hydrogen (secondary N) is 1. The Hall–Kier alpha value is -0.610. The summed E-state index contributed by atoms with van der Waals surface area (Å²) in [6.45, 7) is 3.09. The number of rotatable bonds is 3. The van der Waals surface area contributed by atoms with Crippen molar-refractivity contribution in [2.24, 2.45) is 17.8 Å². The van der Waals surface area contributed by atoms with Gasteiger partial charge in [-0.1, -0.05) is 6.42 Å². The molecule has 3 unspecified atom stereocenters. The molecule has 17 heavy (non-hydrogen) atoms. The van der Waals surface area contributed by atoms with E-state index in [1.807, 2.05) is 11.9 Å². The van der Waals surface area contributed by atoms with Crippen molar-refractivity contribution in [1.29, 1.82) is 0 Å². The summed E-state index contributed by atoms with van der Waals surface area (Å²) in [6, 6.07) is 0. The number of morpholine rings is 1. The number of likely N-dealkylation sites (N-methyl/N-ethyl adjacent to an activating group) is 1. The van der Waals surface area contributed by atoms with Gasteiger partial charge in [0.1, 0.15) is 0 Å². The molecule has 1 amide bonds. The van der Waals surface area contributed by atoms with Crippen LogP contribution in [0.2, 0.25) is 0 Å². The predicted octanol–water partition coefficient (Wildman–Crippen LogP) is 0.479. The van der Waals surface area contributed by atoms with Gasteiger partial charge in [0.25, 0.3) is 0 Å². The molecule has 1 saturated heterocycles. The van der Waals surface area contributed by atoms with Crippen molar-refractivity contribution in [3.63, 3.8) is 0 Å². The number of carbonyl (C=O) groups is 1. The smallest absolute Gasteiger partial charge is 0.226 e. The first-order chi connectivity index (χ1) is 8.31. The molecule has 4 nitrogen and oxygen atoms in total. The van der Waals surface area contributed by atoms with E-state index < -0.39 is 0 Å². The van der Waals surface area contributed by atoms with Crippen molar-refractivity contribution in [1.82, 2.24) is 10.2 Å². The van der Waals surface area contributed by atoms with Crippen LogP contribution in [0.4, 0.5) is 0 Å². The van der Waals surface area contributed by atoms with Crippen molar-refractivity contribution in [3.8, 4) is 0 Å². The molecule has 2 aliphatic carbocycles. The molecule has 0 aromatic heterocycles. The summed E-state index contributed by atoms with van der Waals surface area (Å²) in [5, 5.41) is 3.12. The Labute approximate surface area is 103 Å². The number of hydrogen-bond acceptors (Lipinski definition) is 3. The molecule has 2 saturated carbocycles. The summed E-state index contributed by atoms with van der Waals surface area (Å²) in [4.78, 5) is 14.4. The molecular weight excluding hydrogens is 216 g/mol. The van der Waals surface area contributed by atoms with Crippen LogP contribution in [0.15, 0.2) is 0 Å². The van der Waals surface area contributed by atoms with Gasteiger partial charge in [0.15, 0.2) is 0 Å². The fourth-order valence-corrected chi connectivity index (χ4v) is 3.67. The second-order valence-electron chi connectivity index (χ2n) is 5.62. The second kappa shape index (κ2) is 4.58. The van der Waals surface area contributed by atoms with Gasteiger partial charge in [0.05, 0.1) is 12.7 Å². The Morgan fingerprint density at radius 2 is 2.18 bits per heavy atom. The third kappa shape index (κ3) is 2.08. The number of fused-ring (bicyclic) bond motifs is 1. The van der Waals surface area contributed by atoms with Crippen LogP contribution in [0, 0.1) is 17.8 Å². The highest BCUT2D eigenvalue weighted by atomic mass is 16.5. The van der Waals surface area contributed by atoms with E-state index in [1.54, 1.807) is 0 Å². The van der Waals surface area contributed by atoms with Crippen molar-refractivity contribution >= 4 is 5.91 Å². The van der Waals surface area contributed by atoms with Gasteiger partial charge in [-0.3, -0.25) is 4.79 Å². The SMILES string of the molecule is CNCC1CN(C(=O)C2C3CCCC32)CCO1. The Morgan fingerprint density at radius 3 is 2.88 bits per heavy atom. The summed E-state index contributed by atoms with van der Waals surface area (Å²) in [5.74, 6) is 2.24. The summed E-state index contributed by atoms with van der Waals surface area (Å²) in [5.41, 5.74) is 0. The third-order valence-electron chi connectivity index (χ3n) is 4.57. The lowest BCUT2D eigenvalue weighted by Crippen LogP contribution is -2.49. The van der Waals surface area contributed by atoms with Crippen LogP contribution in [0.25, 0.3) is 0 Å². The average Bonchev–Trinajstić information content (AvgIpc) is 2.82. The third-order valence-corrected chi connectivity index (χ3v) is 4.57. The average molecular weight is 238 g/mol. The van der Waals surface area contributed by atoms with Gasteiger partial charge < -0.3 is 15.0 Å². The summed E-state index contributed by atoms with van der Waals surface area (Å²) >= 11 is 0. The van der Waals surface area contributed by atoms with Crippen molar-refractivity contribution < 1.29 is 9.53 Å². The van der Waals surface area contributed by atoms with Crippen molar-refractivity contribution in [2.45, 2.75) is 25.4 Å². The summed E-state index contributed by atoms with van der Waals surface area (Å²) in [7, 11) is 1.93. The zero-order valence-corrected chi connectivity index (χ0v) is 10.5. The Bertz CT molecular complexity index is 296. The highest BCUT2D eigenvalue weighted by Crippen LogP contribution is 2.58. The van der Waals surface area contributed by atoms with E-state index in [4.69, 9.17) is 4.74 Å². The van der Waals surface area contributed by atoms with E-state index in [0.29, 0.717) is 18.4 Å². The van der Waals surface area contributed by atoms with Gasteiger partial charge in [0, 0.05) is 25.6 Å². The molecule has 3 aliphatic rings. The molecular formula is C13H22N2O2. The lowest BCUT2D eigenvalue weighted by Gasteiger charge is -2.33. The first-order valence-electron chi connectivity index (χ1n) is 6.86. The Balaban J connectivity index is 1.55. The van der Waals surface area contributed by atoms with Crippen LogP contribution >= 0.6 is 0 Å². The van der Waals surface area contributed by atoms with Crippen LogP contribution in [0.5, 0.6) is 0 Å². The zero-order chi connectivity index (χ0) is 11.8. The van der Waals surface area contributed by atoms with E-state index in [9.17, 15) is 4.79 Å². The molecule has 0 radical (unpaired) electrons. The minimum atomic E-state index is 0.177. The fourth-order valence-electron chi connectivity index (χ4n) is 3.67. The second-order valence-corrected chi connectivity index (χ2v) is 5.62. The molecule has 1 N–H and O–H groups in total. The van der Waals surface area contributed by atoms with Crippen molar-refractivity contribution in [2.75, 3.05) is 33.3 Å². The lowest BCUT2D eigenvalue weighted by atomic mass is 10.1. The van der Waals surface area contributed by atoms with Gasteiger partial charge in [-0.05, 0) is 31.7 Å². The lowest BCUT2D eigenvalue weighted by molar-refractivity contribution is -0.140. The first kappa shape index (κ1) is 11.5. The molecule has 3 atom stereocenters. The molecule has 0 aromatic rings.